The number of H-pyrrole nitrogens is 1. The van der Waals surface area contributed by atoms with E-state index < -0.39 is 28.6 Å². The molecule has 0 fully saturated rings. The Bertz CT molecular complexity index is 961. The quantitative estimate of drug-likeness (QED) is 0.765. The average Bonchev–Trinajstić information content (AvgIpc) is 2.57. The first-order valence-corrected chi connectivity index (χ1v) is 7.59. The van der Waals surface area contributed by atoms with Crippen LogP contribution < -0.4 is 16.6 Å². The molecule has 25 heavy (non-hydrogen) atoms. The number of para-hydroxylation sites is 1. The molecule has 1 heterocycles. The normalized spacial score (nSPS) is 12.0. The second kappa shape index (κ2) is 6.72. The van der Waals surface area contributed by atoms with Gasteiger partial charge in [0, 0.05) is 12.1 Å². The van der Waals surface area contributed by atoms with Crippen molar-refractivity contribution in [3.05, 3.63) is 92.6 Å². The van der Waals surface area contributed by atoms with Crippen LogP contribution in [0.4, 0.5) is 14.6 Å². The van der Waals surface area contributed by atoms with Gasteiger partial charge in [-0.15, -0.1) is 0 Å². The maximum Gasteiger partial charge on any atom is 0.334 e. The lowest BCUT2D eigenvalue weighted by Gasteiger charge is -2.16. The zero-order valence-corrected chi connectivity index (χ0v) is 13.3. The van der Waals surface area contributed by atoms with Crippen LogP contribution in [0.25, 0.3) is 5.69 Å². The van der Waals surface area contributed by atoms with E-state index in [1.165, 1.54) is 0 Å². The van der Waals surface area contributed by atoms with Gasteiger partial charge in [0.1, 0.15) is 23.1 Å². The number of aromatic nitrogens is 2. The number of anilines is 1. The summed E-state index contributed by atoms with van der Waals surface area (Å²) in [4.78, 5) is 26.9. The van der Waals surface area contributed by atoms with Crippen LogP contribution in [-0.2, 0) is 0 Å². The van der Waals surface area contributed by atoms with Gasteiger partial charge in [-0.05, 0) is 24.6 Å². The third kappa shape index (κ3) is 3.35. The van der Waals surface area contributed by atoms with Gasteiger partial charge >= 0.3 is 5.69 Å². The van der Waals surface area contributed by atoms with E-state index >= 15 is 0 Å². The Balaban J connectivity index is 1.99. The number of rotatable bonds is 4. The molecular weight excluding hydrogens is 328 g/mol. The van der Waals surface area contributed by atoms with Crippen LogP contribution in [0, 0.1) is 11.6 Å². The Morgan fingerprint density at radius 3 is 2.24 bits per heavy atom. The molecule has 3 rings (SSSR count). The number of nitrogens with zero attached hydrogens (tertiary/aromatic N) is 1. The summed E-state index contributed by atoms with van der Waals surface area (Å²) in [6.07, 6.45) is 0. The van der Waals surface area contributed by atoms with Crippen molar-refractivity contribution in [2.24, 2.45) is 0 Å². The highest BCUT2D eigenvalue weighted by atomic mass is 19.1. The smallest absolute Gasteiger partial charge is 0.334 e. The monoisotopic (exact) mass is 343 g/mol. The molecule has 1 atom stereocenters. The average molecular weight is 343 g/mol. The summed E-state index contributed by atoms with van der Waals surface area (Å²) in [5, 5.41) is 2.99. The number of nitrogens with one attached hydrogen (secondary N) is 2. The first-order valence-electron chi connectivity index (χ1n) is 7.59. The highest BCUT2D eigenvalue weighted by Gasteiger charge is 2.16. The van der Waals surface area contributed by atoms with E-state index in [1.54, 1.807) is 0 Å². The minimum Gasteiger partial charge on any atom is -0.365 e. The van der Waals surface area contributed by atoms with E-state index in [9.17, 15) is 18.4 Å². The summed E-state index contributed by atoms with van der Waals surface area (Å²) in [6.45, 7) is 1.86. The third-order valence-corrected chi connectivity index (χ3v) is 3.77. The largest absolute Gasteiger partial charge is 0.365 e. The molecular formula is C18H15F2N3O2. The number of hydrogen-bond donors (Lipinski definition) is 2. The van der Waals surface area contributed by atoms with Crippen LogP contribution >= 0.6 is 0 Å². The lowest BCUT2D eigenvalue weighted by molar-refractivity contribution is 0.562. The molecule has 0 spiro atoms. The summed E-state index contributed by atoms with van der Waals surface area (Å²) in [6, 6.07) is 13.4. The molecule has 1 unspecified atom stereocenters. The molecule has 1 aromatic heterocycles. The van der Waals surface area contributed by atoms with Crippen LogP contribution in [0.3, 0.4) is 0 Å². The number of halogens is 2. The summed E-state index contributed by atoms with van der Waals surface area (Å²) in [5.74, 6) is -1.82. The van der Waals surface area contributed by atoms with Crippen LogP contribution in [0.1, 0.15) is 18.5 Å². The van der Waals surface area contributed by atoms with Gasteiger partial charge in [0.25, 0.3) is 5.56 Å². The molecule has 0 aliphatic carbocycles. The van der Waals surface area contributed by atoms with E-state index in [-0.39, 0.29) is 11.9 Å². The fourth-order valence-electron chi connectivity index (χ4n) is 2.55. The van der Waals surface area contributed by atoms with Crippen LogP contribution in [-0.4, -0.2) is 9.55 Å². The highest BCUT2D eigenvalue weighted by molar-refractivity contribution is 5.40. The Hall–Kier alpha value is -3.22. The zero-order valence-electron chi connectivity index (χ0n) is 13.3. The summed E-state index contributed by atoms with van der Waals surface area (Å²) < 4.78 is 28.2. The molecule has 2 N–H and O–H groups in total. The lowest BCUT2D eigenvalue weighted by atomic mass is 10.1. The topological polar surface area (TPSA) is 66.9 Å². The van der Waals surface area contributed by atoms with Gasteiger partial charge < -0.3 is 5.32 Å². The minimum atomic E-state index is -0.994. The van der Waals surface area contributed by atoms with Crippen LogP contribution in [0.5, 0.6) is 0 Å². The lowest BCUT2D eigenvalue weighted by Crippen LogP contribution is -2.35. The fourth-order valence-corrected chi connectivity index (χ4v) is 2.55. The maximum absolute atomic E-state index is 13.9. The van der Waals surface area contributed by atoms with Crippen molar-refractivity contribution >= 4 is 5.82 Å². The van der Waals surface area contributed by atoms with Crippen molar-refractivity contribution in [1.82, 2.24) is 9.55 Å². The van der Waals surface area contributed by atoms with E-state index in [4.69, 9.17) is 0 Å². The van der Waals surface area contributed by atoms with Gasteiger partial charge in [-0.1, -0.05) is 36.4 Å². The van der Waals surface area contributed by atoms with E-state index in [1.807, 2.05) is 37.3 Å². The standard InChI is InChI=1S/C18H15F2N3O2/c1-11(12-6-3-2-4-7-12)21-15-10-16(24)23(18(25)22-15)17-13(19)8-5-9-14(17)20/h2-11,21H,1H3,(H,22,25). The molecule has 0 saturated heterocycles. The minimum absolute atomic E-state index is 0.166. The SMILES string of the molecule is CC(Nc1cc(=O)n(-c2c(F)cccc2F)c(=O)[nH]1)c1ccccc1. The van der Waals surface area contributed by atoms with Crippen LogP contribution in [0.15, 0.2) is 64.2 Å². The Morgan fingerprint density at radius 1 is 1.00 bits per heavy atom. The van der Waals surface area contributed by atoms with Crippen molar-refractivity contribution in [2.75, 3.05) is 5.32 Å². The molecule has 0 saturated carbocycles. The molecule has 128 valence electrons. The molecule has 0 aliphatic heterocycles. The predicted molar refractivity (Wildman–Crippen MR) is 91.1 cm³/mol. The Labute approximate surface area is 141 Å². The summed E-state index contributed by atoms with van der Waals surface area (Å²) >= 11 is 0. The highest BCUT2D eigenvalue weighted by Crippen LogP contribution is 2.17. The number of benzene rings is 2. The van der Waals surface area contributed by atoms with Crippen molar-refractivity contribution in [2.45, 2.75) is 13.0 Å². The van der Waals surface area contributed by atoms with Crippen molar-refractivity contribution in [3.63, 3.8) is 0 Å². The second-order valence-corrected chi connectivity index (χ2v) is 5.51. The van der Waals surface area contributed by atoms with Crippen LogP contribution in [0.2, 0.25) is 0 Å². The Kier molecular flexibility index (Phi) is 4.47. The second-order valence-electron chi connectivity index (χ2n) is 5.51. The molecule has 2 aromatic carbocycles. The third-order valence-electron chi connectivity index (χ3n) is 3.77. The van der Waals surface area contributed by atoms with Gasteiger partial charge in [0.2, 0.25) is 0 Å². The van der Waals surface area contributed by atoms with Gasteiger partial charge in [-0.3, -0.25) is 9.78 Å². The molecule has 0 amide bonds. The Morgan fingerprint density at radius 2 is 1.64 bits per heavy atom. The van der Waals surface area contributed by atoms with Gasteiger partial charge in [0.05, 0.1) is 0 Å². The predicted octanol–water partition coefficient (Wildman–Crippen LogP) is 2.98. The molecule has 0 radical (unpaired) electrons. The molecule has 3 aromatic rings. The summed E-state index contributed by atoms with van der Waals surface area (Å²) in [7, 11) is 0. The first kappa shape index (κ1) is 16.6. The fraction of sp³-hybridized carbons (Fsp3) is 0.111. The summed E-state index contributed by atoms with van der Waals surface area (Å²) in [5.41, 5.74) is -1.51. The van der Waals surface area contributed by atoms with Gasteiger partial charge in [-0.2, -0.15) is 0 Å². The first-order chi connectivity index (χ1) is 12.0. The van der Waals surface area contributed by atoms with Gasteiger partial charge in [-0.25, -0.2) is 18.1 Å². The molecule has 7 heteroatoms. The van der Waals surface area contributed by atoms with E-state index in [0.717, 1.165) is 29.8 Å². The zero-order chi connectivity index (χ0) is 18.0. The van der Waals surface area contributed by atoms with Crippen molar-refractivity contribution < 1.29 is 8.78 Å². The van der Waals surface area contributed by atoms with E-state index in [2.05, 4.69) is 10.3 Å². The molecule has 5 nitrogen and oxygen atoms in total. The molecule has 0 aliphatic rings. The number of hydrogen-bond acceptors (Lipinski definition) is 3. The van der Waals surface area contributed by atoms with E-state index in [0.29, 0.717) is 4.57 Å². The van der Waals surface area contributed by atoms with Crippen molar-refractivity contribution in [3.8, 4) is 5.69 Å². The maximum atomic E-state index is 13.9. The van der Waals surface area contributed by atoms with Gasteiger partial charge in [0.15, 0.2) is 0 Å². The van der Waals surface area contributed by atoms with Crippen molar-refractivity contribution in [1.29, 1.82) is 0 Å². The molecule has 0 bridgehead atoms. The number of aromatic amines is 1.